The minimum Gasteiger partial charge on any atom is -0.372 e. The molecule has 0 saturated carbocycles. The van der Waals surface area contributed by atoms with Gasteiger partial charge in [-0.15, -0.1) is 0 Å². The number of amides is 1. The number of carbonyl (C=O) groups is 1. The van der Waals surface area contributed by atoms with Gasteiger partial charge in [0, 0.05) is 44.0 Å². The van der Waals surface area contributed by atoms with E-state index in [1.165, 1.54) is 29.7 Å². The number of anilines is 2. The van der Waals surface area contributed by atoms with Crippen LogP contribution in [0.5, 0.6) is 0 Å². The zero-order valence-corrected chi connectivity index (χ0v) is 14.9. The summed E-state index contributed by atoms with van der Waals surface area (Å²) < 4.78 is 0. The van der Waals surface area contributed by atoms with Gasteiger partial charge < -0.3 is 15.5 Å². The topological polar surface area (TPSA) is 44.4 Å². The van der Waals surface area contributed by atoms with Crippen LogP contribution in [-0.4, -0.2) is 25.5 Å². The van der Waals surface area contributed by atoms with Gasteiger partial charge in [-0.1, -0.05) is 24.3 Å². The van der Waals surface area contributed by atoms with E-state index in [0.29, 0.717) is 13.0 Å². The number of nitrogens with one attached hydrogen (secondary N) is 2. The molecule has 0 aromatic heterocycles. The van der Waals surface area contributed by atoms with Crippen LogP contribution in [0, 0.1) is 6.92 Å². The van der Waals surface area contributed by atoms with Crippen molar-refractivity contribution in [2.75, 3.05) is 29.9 Å². The first-order valence-corrected chi connectivity index (χ1v) is 9.12. The Bertz CT molecular complexity index is 691. The van der Waals surface area contributed by atoms with E-state index in [-0.39, 0.29) is 5.91 Å². The number of hydrogen-bond donors (Lipinski definition) is 2. The summed E-state index contributed by atoms with van der Waals surface area (Å²) in [6, 6.07) is 16.5. The lowest BCUT2D eigenvalue weighted by Crippen LogP contribution is -2.22. The van der Waals surface area contributed by atoms with Gasteiger partial charge in [-0.25, -0.2) is 0 Å². The number of aryl methyl sites for hydroxylation is 1. The van der Waals surface area contributed by atoms with Crippen molar-refractivity contribution in [3.8, 4) is 0 Å². The lowest BCUT2D eigenvalue weighted by atomic mass is 10.1. The van der Waals surface area contributed by atoms with Crippen LogP contribution < -0.4 is 15.5 Å². The Hall–Kier alpha value is -2.33. The van der Waals surface area contributed by atoms with E-state index in [1.54, 1.807) is 0 Å². The summed E-state index contributed by atoms with van der Waals surface area (Å²) >= 11 is 0. The van der Waals surface area contributed by atoms with Crippen LogP contribution in [0.25, 0.3) is 0 Å². The van der Waals surface area contributed by atoms with E-state index in [1.807, 2.05) is 24.3 Å². The second kappa shape index (κ2) is 8.67. The fourth-order valence-electron chi connectivity index (χ4n) is 3.19. The predicted octanol–water partition coefficient (Wildman–Crippen LogP) is 3.71. The Labute approximate surface area is 150 Å². The molecule has 2 aromatic rings. The maximum atomic E-state index is 12.1. The van der Waals surface area contributed by atoms with Crippen molar-refractivity contribution in [1.82, 2.24) is 5.32 Å². The highest BCUT2D eigenvalue weighted by molar-refractivity contribution is 5.91. The third kappa shape index (κ3) is 5.07. The Balaban J connectivity index is 1.39. The average molecular weight is 337 g/mol. The summed E-state index contributed by atoms with van der Waals surface area (Å²) in [4.78, 5) is 14.5. The first-order valence-electron chi connectivity index (χ1n) is 9.12. The van der Waals surface area contributed by atoms with Crippen LogP contribution in [0.2, 0.25) is 0 Å². The highest BCUT2D eigenvalue weighted by Gasteiger charge is 2.12. The molecule has 132 valence electrons. The Morgan fingerprint density at radius 1 is 1.04 bits per heavy atom. The van der Waals surface area contributed by atoms with E-state index in [0.717, 1.165) is 25.3 Å². The van der Waals surface area contributed by atoms with E-state index in [2.05, 4.69) is 46.7 Å². The van der Waals surface area contributed by atoms with Crippen molar-refractivity contribution in [1.29, 1.82) is 0 Å². The molecule has 0 atom stereocenters. The zero-order valence-electron chi connectivity index (χ0n) is 14.9. The molecule has 2 aromatic carbocycles. The number of carbonyl (C=O) groups excluding carboxylic acids is 1. The van der Waals surface area contributed by atoms with Gasteiger partial charge in [0.1, 0.15) is 0 Å². The largest absolute Gasteiger partial charge is 0.372 e. The lowest BCUT2D eigenvalue weighted by molar-refractivity contribution is -0.116. The molecule has 1 amide bonds. The maximum Gasteiger partial charge on any atom is 0.225 e. The molecule has 0 radical (unpaired) electrons. The summed E-state index contributed by atoms with van der Waals surface area (Å²) in [7, 11) is 0. The van der Waals surface area contributed by atoms with Crippen molar-refractivity contribution in [2.45, 2.75) is 32.7 Å². The Kier molecular flexibility index (Phi) is 6.07. The third-order valence-corrected chi connectivity index (χ3v) is 4.73. The minimum absolute atomic E-state index is 0.0474. The molecule has 2 N–H and O–H groups in total. The average Bonchev–Trinajstić information content (AvgIpc) is 3.15. The highest BCUT2D eigenvalue weighted by atomic mass is 16.1. The van der Waals surface area contributed by atoms with Gasteiger partial charge in [-0.2, -0.15) is 0 Å². The number of rotatable bonds is 7. The van der Waals surface area contributed by atoms with Gasteiger partial charge in [0.2, 0.25) is 5.91 Å². The molecular weight excluding hydrogens is 310 g/mol. The molecule has 1 aliphatic heterocycles. The van der Waals surface area contributed by atoms with E-state index >= 15 is 0 Å². The third-order valence-electron chi connectivity index (χ3n) is 4.73. The summed E-state index contributed by atoms with van der Waals surface area (Å²) in [6.45, 7) is 5.85. The number of benzene rings is 2. The van der Waals surface area contributed by atoms with Gasteiger partial charge in [0.15, 0.2) is 0 Å². The number of hydrogen-bond acceptors (Lipinski definition) is 3. The van der Waals surface area contributed by atoms with Crippen LogP contribution in [0.1, 0.15) is 30.4 Å². The molecule has 1 fully saturated rings. The van der Waals surface area contributed by atoms with Gasteiger partial charge in [-0.3, -0.25) is 4.79 Å². The van der Waals surface area contributed by atoms with Crippen molar-refractivity contribution < 1.29 is 4.79 Å². The second-order valence-corrected chi connectivity index (χ2v) is 6.64. The van der Waals surface area contributed by atoms with Gasteiger partial charge in [-0.05, 0) is 55.2 Å². The van der Waals surface area contributed by atoms with Crippen LogP contribution in [0.3, 0.4) is 0 Å². The van der Waals surface area contributed by atoms with Crippen LogP contribution in [0.4, 0.5) is 11.4 Å². The van der Waals surface area contributed by atoms with Crippen LogP contribution >= 0.6 is 0 Å². The summed E-state index contributed by atoms with van der Waals surface area (Å²) in [5, 5.41) is 6.31. The molecule has 4 heteroatoms. The lowest BCUT2D eigenvalue weighted by Gasteiger charge is -2.17. The molecule has 4 nitrogen and oxygen atoms in total. The molecule has 1 aliphatic rings. The van der Waals surface area contributed by atoms with E-state index in [4.69, 9.17) is 0 Å². The minimum atomic E-state index is 0.0474. The van der Waals surface area contributed by atoms with Crippen molar-refractivity contribution in [3.63, 3.8) is 0 Å². The van der Waals surface area contributed by atoms with Gasteiger partial charge in [0.25, 0.3) is 0 Å². The van der Waals surface area contributed by atoms with Crippen molar-refractivity contribution in [3.05, 3.63) is 59.7 Å². The first kappa shape index (κ1) is 17.5. The first-order chi connectivity index (χ1) is 12.2. The fourth-order valence-corrected chi connectivity index (χ4v) is 3.19. The molecule has 25 heavy (non-hydrogen) atoms. The molecule has 3 rings (SSSR count). The maximum absolute atomic E-state index is 12.1. The van der Waals surface area contributed by atoms with E-state index in [9.17, 15) is 4.79 Å². The molecule has 0 spiro atoms. The molecule has 0 bridgehead atoms. The van der Waals surface area contributed by atoms with Crippen molar-refractivity contribution >= 4 is 17.3 Å². The standard InChI is InChI=1S/C21H27N3O/c1-17-6-2-3-7-18(17)16-22-13-12-21(25)23-19-8-10-20(11-9-19)24-14-4-5-15-24/h2-3,6-11,22H,4-5,12-16H2,1H3,(H,23,25). The zero-order chi connectivity index (χ0) is 17.5. The van der Waals surface area contributed by atoms with Gasteiger partial charge >= 0.3 is 0 Å². The summed E-state index contributed by atoms with van der Waals surface area (Å²) in [5.74, 6) is 0.0474. The molecule has 1 saturated heterocycles. The van der Waals surface area contributed by atoms with Crippen molar-refractivity contribution in [2.24, 2.45) is 0 Å². The predicted molar refractivity (Wildman–Crippen MR) is 104 cm³/mol. The highest BCUT2D eigenvalue weighted by Crippen LogP contribution is 2.22. The Morgan fingerprint density at radius 2 is 1.76 bits per heavy atom. The quantitative estimate of drug-likeness (QED) is 0.757. The normalized spacial score (nSPS) is 13.9. The molecule has 0 aliphatic carbocycles. The Morgan fingerprint density at radius 3 is 2.48 bits per heavy atom. The van der Waals surface area contributed by atoms with Crippen LogP contribution in [0.15, 0.2) is 48.5 Å². The van der Waals surface area contributed by atoms with E-state index < -0.39 is 0 Å². The summed E-state index contributed by atoms with van der Waals surface area (Å²) in [6.07, 6.45) is 3.02. The van der Waals surface area contributed by atoms with Gasteiger partial charge in [0.05, 0.1) is 0 Å². The SMILES string of the molecule is Cc1ccccc1CNCCC(=O)Nc1ccc(N2CCCC2)cc1. The smallest absolute Gasteiger partial charge is 0.225 e. The van der Waals surface area contributed by atoms with Crippen LogP contribution in [-0.2, 0) is 11.3 Å². The molecule has 1 heterocycles. The second-order valence-electron chi connectivity index (χ2n) is 6.64. The monoisotopic (exact) mass is 337 g/mol. The fraction of sp³-hybridized carbons (Fsp3) is 0.381. The summed E-state index contributed by atoms with van der Waals surface area (Å²) in [5.41, 5.74) is 4.67. The molecule has 0 unspecified atom stereocenters. The number of nitrogens with zero attached hydrogens (tertiary/aromatic N) is 1. The molecular formula is C21H27N3O.